The van der Waals surface area contributed by atoms with Crippen LogP contribution in [0.4, 0.5) is 0 Å². The minimum atomic E-state index is 0.186. The van der Waals surface area contributed by atoms with Crippen LogP contribution < -0.4 is 0 Å². The highest BCUT2D eigenvalue weighted by molar-refractivity contribution is 7.99. The second-order valence-electron chi connectivity index (χ2n) is 4.22. The van der Waals surface area contributed by atoms with Crippen LogP contribution in [-0.4, -0.2) is 16.1 Å². The van der Waals surface area contributed by atoms with Crippen molar-refractivity contribution < 1.29 is 5.11 Å². The van der Waals surface area contributed by atoms with Crippen molar-refractivity contribution in [3.63, 3.8) is 0 Å². The highest BCUT2D eigenvalue weighted by Crippen LogP contribution is 2.31. The van der Waals surface area contributed by atoms with Gasteiger partial charge < -0.3 is 5.11 Å². The van der Waals surface area contributed by atoms with Gasteiger partial charge in [-0.3, -0.25) is 0 Å². The smallest absolute Gasteiger partial charge is 0.121 e. The molecule has 0 radical (unpaired) electrons. The molecule has 0 atom stereocenters. The minimum Gasteiger partial charge on any atom is -0.507 e. The number of aryl methyl sites for hydroxylation is 1. The monoisotopic (exact) mass is 210 g/mol. The van der Waals surface area contributed by atoms with Gasteiger partial charge in [-0.2, -0.15) is 11.8 Å². The lowest BCUT2D eigenvalue weighted by Gasteiger charge is -2.22. The molecule has 1 aromatic rings. The third-order valence-corrected chi connectivity index (χ3v) is 3.74. The molecule has 0 unspecified atom stereocenters. The molecule has 1 nitrogen and oxygen atoms in total. The molecule has 0 aromatic heterocycles. The Kier molecular flexibility index (Phi) is 3.48. The van der Waals surface area contributed by atoms with E-state index in [4.69, 9.17) is 0 Å². The second-order valence-corrected chi connectivity index (χ2v) is 5.74. The molecule has 0 aliphatic heterocycles. The molecule has 0 spiro atoms. The van der Waals surface area contributed by atoms with Crippen LogP contribution in [0.15, 0.2) is 18.2 Å². The minimum absolute atomic E-state index is 0.186. The standard InChI is InChI=1S/C12H18OS/c1-9-6-5-7-10(11(9)13)8-12(2,3)14-4/h5-7,13H,8H2,1-4H3. The first-order valence-corrected chi connectivity index (χ1v) is 6.01. The maximum Gasteiger partial charge on any atom is 0.121 e. The van der Waals surface area contributed by atoms with Gasteiger partial charge in [-0.15, -0.1) is 0 Å². The molecule has 1 rings (SSSR count). The zero-order valence-corrected chi connectivity index (χ0v) is 10.1. The summed E-state index contributed by atoms with van der Waals surface area (Å²) in [5, 5.41) is 9.85. The van der Waals surface area contributed by atoms with Gasteiger partial charge >= 0.3 is 0 Å². The first kappa shape index (κ1) is 11.4. The van der Waals surface area contributed by atoms with Crippen LogP contribution in [-0.2, 0) is 6.42 Å². The summed E-state index contributed by atoms with van der Waals surface area (Å²) in [6.45, 7) is 6.32. The van der Waals surface area contributed by atoms with E-state index in [1.807, 2.05) is 36.9 Å². The summed E-state index contributed by atoms with van der Waals surface area (Å²) in [5.74, 6) is 0.453. The molecule has 1 N–H and O–H groups in total. The fraction of sp³-hybridized carbons (Fsp3) is 0.500. The Morgan fingerprint density at radius 2 is 2.00 bits per heavy atom. The van der Waals surface area contributed by atoms with Gasteiger partial charge in [0, 0.05) is 4.75 Å². The van der Waals surface area contributed by atoms with Crippen LogP contribution in [0.25, 0.3) is 0 Å². The fourth-order valence-corrected chi connectivity index (χ4v) is 1.69. The number of hydrogen-bond donors (Lipinski definition) is 1. The van der Waals surface area contributed by atoms with Crippen LogP contribution in [0.1, 0.15) is 25.0 Å². The third kappa shape index (κ3) is 2.68. The van der Waals surface area contributed by atoms with Gasteiger partial charge in [0.2, 0.25) is 0 Å². The Labute approximate surface area is 90.5 Å². The lowest BCUT2D eigenvalue weighted by atomic mass is 9.99. The Balaban J connectivity index is 2.92. The molecule has 0 bridgehead atoms. The van der Waals surface area contributed by atoms with Gasteiger partial charge in [0.15, 0.2) is 0 Å². The van der Waals surface area contributed by atoms with Crippen LogP contribution >= 0.6 is 11.8 Å². The summed E-state index contributed by atoms with van der Waals surface area (Å²) in [5.41, 5.74) is 2.00. The first-order valence-electron chi connectivity index (χ1n) is 4.79. The zero-order valence-electron chi connectivity index (χ0n) is 9.29. The molecular formula is C12H18OS. The van der Waals surface area contributed by atoms with Crippen molar-refractivity contribution in [1.29, 1.82) is 0 Å². The number of phenols is 1. The summed E-state index contributed by atoms with van der Waals surface area (Å²) >= 11 is 1.83. The number of para-hydroxylation sites is 1. The van der Waals surface area contributed by atoms with Crippen molar-refractivity contribution in [2.24, 2.45) is 0 Å². The number of benzene rings is 1. The van der Waals surface area contributed by atoms with Crippen molar-refractivity contribution in [2.75, 3.05) is 6.26 Å². The van der Waals surface area contributed by atoms with E-state index < -0.39 is 0 Å². The van der Waals surface area contributed by atoms with Crippen molar-refractivity contribution in [3.8, 4) is 5.75 Å². The van der Waals surface area contributed by atoms with Crippen molar-refractivity contribution >= 4 is 11.8 Å². The van der Waals surface area contributed by atoms with E-state index in [9.17, 15) is 5.11 Å². The normalized spacial score (nSPS) is 11.7. The van der Waals surface area contributed by atoms with Crippen molar-refractivity contribution in [2.45, 2.75) is 31.9 Å². The van der Waals surface area contributed by atoms with E-state index in [0.717, 1.165) is 17.5 Å². The van der Waals surface area contributed by atoms with Gasteiger partial charge in [-0.25, -0.2) is 0 Å². The number of phenolic OH excluding ortho intramolecular Hbond substituents is 1. The third-order valence-electron chi connectivity index (χ3n) is 2.49. The van der Waals surface area contributed by atoms with Gasteiger partial charge in [-0.1, -0.05) is 32.0 Å². The van der Waals surface area contributed by atoms with E-state index in [1.54, 1.807) is 0 Å². The van der Waals surface area contributed by atoms with E-state index in [-0.39, 0.29) is 4.75 Å². The Bertz CT molecular complexity index is 318. The Morgan fingerprint density at radius 1 is 1.36 bits per heavy atom. The summed E-state index contributed by atoms with van der Waals surface area (Å²) in [4.78, 5) is 0. The quantitative estimate of drug-likeness (QED) is 0.825. The lowest BCUT2D eigenvalue weighted by Crippen LogP contribution is -2.17. The van der Waals surface area contributed by atoms with Gasteiger partial charge in [0.05, 0.1) is 0 Å². The number of thioether (sulfide) groups is 1. The molecule has 0 saturated carbocycles. The SMILES string of the molecule is CSC(C)(C)Cc1cccc(C)c1O. The van der Waals surface area contributed by atoms with E-state index in [1.165, 1.54) is 0 Å². The summed E-state index contributed by atoms with van der Waals surface area (Å²) in [6, 6.07) is 5.94. The van der Waals surface area contributed by atoms with Crippen LogP contribution in [0.3, 0.4) is 0 Å². The summed E-state index contributed by atoms with van der Waals surface area (Å²) in [7, 11) is 0. The predicted octanol–water partition coefficient (Wildman–Crippen LogP) is 3.38. The highest BCUT2D eigenvalue weighted by atomic mass is 32.2. The summed E-state index contributed by atoms with van der Waals surface area (Å²) < 4.78 is 0.186. The van der Waals surface area contributed by atoms with E-state index in [0.29, 0.717) is 5.75 Å². The molecule has 1 aromatic carbocycles. The van der Waals surface area contributed by atoms with E-state index in [2.05, 4.69) is 20.1 Å². The lowest BCUT2D eigenvalue weighted by molar-refractivity contribution is 0.460. The van der Waals surface area contributed by atoms with Gasteiger partial charge in [-0.05, 0) is 30.7 Å². The number of hydrogen-bond acceptors (Lipinski definition) is 2. The average Bonchev–Trinajstić information content (AvgIpc) is 2.13. The fourth-order valence-electron chi connectivity index (χ4n) is 1.39. The van der Waals surface area contributed by atoms with Gasteiger partial charge in [0.25, 0.3) is 0 Å². The molecule has 0 aliphatic rings. The molecule has 2 heteroatoms. The maximum atomic E-state index is 9.85. The molecule has 0 amide bonds. The predicted molar refractivity (Wildman–Crippen MR) is 64.1 cm³/mol. The molecule has 14 heavy (non-hydrogen) atoms. The number of rotatable bonds is 3. The molecule has 0 aliphatic carbocycles. The molecule has 0 saturated heterocycles. The first-order chi connectivity index (χ1) is 6.46. The van der Waals surface area contributed by atoms with Crippen LogP contribution in [0, 0.1) is 6.92 Å². The largest absolute Gasteiger partial charge is 0.507 e. The maximum absolute atomic E-state index is 9.85. The topological polar surface area (TPSA) is 20.2 Å². The molecular weight excluding hydrogens is 192 g/mol. The van der Waals surface area contributed by atoms with Crippen LogP contribution in [0.2, 0.25) is 0 Å². The van der Waals surface area contributed by atoms with Crippen molar-refractivity contribution in [3.05, 3.63) is 29.3 Å². The molecule has 0 heterocycles. The van der Waals surface area contributed by atoms with Crippen molar-refractivity contribution in [1.82, 2.24) is 0 Å². The zero-order chi connectivity index (χ0) is 10.8. The summed E-state index contributed by atoms with van der Waals surface area (Å²) in [6.07, 6.45) is 3.01. The van der Waals surface area contributed by atoms with E-state index >= 15 is 0 Å². The second kappa shape index (κ2) is 4.26. The average molecular weight is 210 g/mol. The Morgan fingerprint density at radius 3 is 2.57 bits per heavy atom. The molecule has 0 fully saturated rings. The highest BCUT2D eigenvalue weighted by Gasteiger charge is 2.18. The molecule has 78 valence electrons. The van der Waals surface area contributed by atoms with Gasteiger partial charge in [0.1, 0.15) is 5.75 Å². The number of aromatic hydroxyl groups is 1. The Hall–Kier alpha value is -0.630. The van der Waals surface area contributed by atoms with Crippen LogP contribution in [0.5, 0.6) is 5.75 Å².